The van der Waals surface area contributed by atoms with Gasteiger partial charge in [0, 0.05) is 63.5 Å². The van der Waals surface area contributed by atoms with Gasteiger partial charge in [-0.3, -0.25) is 4.79 Å². The molecule has 5 rings (SSSR count). The molecule has 6 N–H and O–H groups in total. The van der Waals surface area contributed by atoms with Crippen LogP contribution in [0.15, 0.2) is 35.4 Å². The van der Waals surface area contributed by atoms with Gasteiger partial charge in [-0.25, -0.2) is 13.1 Å². The number of sulfone groups is 1. The van der Waals surface area contributed by atoms with E-state index in [1.807, 2.05) is 44.7 Å². The topological polar surface area (TPSA) is 265 Å². The number of rotatable bonds is 15. The molecule has 1 unspecified atom stereocenters. The van der Waals surface area contributed by atoms with Crippen molar-refractivity contribution in [1.29, 1.82) is 0 Å². The molecule has 0 saturated carbocycles. The zero-order chi connectivity index (χ0) is 53.8. The first-order valence-electron chi connectivity index (χ1n) is 25.5. The molecule has 2 aromatic rings. The van der Waals surface area contributed by atoms with Crippen molar-refractivity contribution in [3.8, 4) is 5.75 Å². The molecule has 1 aromatic heterocycles. The minimum atomic E-state index is -3.35. The van der Waals surface area contributed by atoms with Crippen LogP contribution < -0.4 is 4.74 Å². The van der Waals surface area contributed by atoms with E-state index in [0.29, 0.717) is 37.4 Å². The summed E-state index contributed by atoms with van der Waals surface area (Å²) >= 11 is 0. The maximum absolute atomic E-state index is 14.6. The molecule has 3 aliphatic rings. The van der Waals surface area contributed by atoms with E-state index in [-0.39, 0.29) is 49.3 Å². The van der Waals surface area contributed by atoms with Gasteiger partial charge < -0.3 is 68.9 Å². The first kappa shape index (κ1) is 60.0. The summed E-state index contributed by atoms with van der Waals surface area (Å²) in [5, 5.41) is 79.2. The third kappa shape index (κ3) is 14.3. The van der Waals surface area contributed by atoms with Crippen molar-refractivity contribution in [1.82, 2.24) is 24.8 Å². The van der Waals surface area contributed by atoms with E-state index >= 15 is 0 Å². The number of nitrogens with zero attached hydrogens (tertiary/aromatic N) is 5. The molecule has 20 nitrogen and oxygen atoms in total. The Hall–Kier alpha value is -2.90. The van der Waals surface area contributed by atoms with Gasteiger partial charge in [0.2, 0.25) is 0 Å². The summed E-state index contributed by atoms with van der Waals surface area (Å²) in [6.45, 7) is 18.7. The van der Waals surface area contributed by atoms with Gasteiger partial charge in [-0.1, -0.05) is 32.9 Å². The number of ether oxygens (including phenoxy) is 6. The first-order chi connectivity index (χ1) is 33.4. The number of aliphatic hydroxyl groups excluding tert-OH is 4. The van der Waals surface area contributed by atoms with Crippen molar-refractivity contribution in [3.05, 3.63) is 36.2 Å². The average Bonchev–Trinajstić information content (AvgIpc) is 3.76. The third-order valence-corrected chi connectivity index (χ3v) is 17.0. The van der Waals surface area contributed by atoms with Gasteiger partial charge >= 0.3 is 5.97 Å². The molecule has 412 valence electrons. The molecule has 4 heterocycles. The molecule has 0 radical (unpaired) electrons. The van der Waals surface area contributed by atoms with Crippen molar-refractivity contribution in [2.24, 2.45) is 23.7 Å². The van der Waals surface area contributed by atoms with E-state index in [1.165, 1.54) is 43.0 Å². The third-order valence-electron chi connectivity index (χ3n) is 15.9. The van der Waals surface area contributed by atoms with E-state index in [2.05, 4.69) is 10.3 Å². The monoisotopic (exact) mass is 1040 g/mol. The van der Waals surface area contributed by atoms with Crippen molar-refractivity contribution >= 4 is 15.8 Å². The van der Waals surface area contributed by atoms with E-state index in [1.54, 1.807) is 47.7 Å². The van der Waals surface area contributed by atoms with Crippen molar-refractivity contribution in [3.63, 3.8) is 0 Å². The number of aliphatic hydroxyl groups is 6. The average molecular weight is 1040 g/mol. The Kier molecular flexibility index (Phi) is 20.3. The highest BCUT2D eigenvalue weighted by Gasteiger charge is 2.55. The van der Waals surface area contributed by atoms with Gasteiger partial charge in [0.1, 0.15) is 48.5 Å². The SMILES string of the molecule is CC[C@H]1OC(=O)[C@H](C)[C@@H](C2C[C@@](C)(OC)[C@@H](O)[C@H](C)O2)[C@H](C)[C@@H](O[C@@H]2O[C@H](C)C[C@H](N(C)CCc3cn(C[C@H](O)COc4ccc(S(C)(=O)=O)cc4)nn3)[C@H]2O)[C@](C)(O)C[C@@H](C)CN(C)[C@H](C)[C@@H](O)[C@]1(C)O. The Morgan fingerprint density at radius 2 is 1.64 bits per heavy atom. The minimum absolute atomic E-state index is 0.0599. The fraction of sp³-hybridized carbons (Fsp3) is 0.824. The fourth-order valence-corrected chi connectivity index (χ4v) is 12.1. The minimum Gasteiger partial charge on any atom is -0.491 e. The Morgan fingerprint density at radius 1 is 0.986 bits per heavy atom. The molecule has 0 amide bonds. The number of carbonyl (C=O) groups excluding carboxylic acids is 1. The number of benzene rings is 1. The second-order valence-electron chi connectivity index (χ2n) is 22.2. The Labute approximate surface area is 427 Å². The van der Waals surface area contributed by atoms with Crippen molar-refractivity contribution in [2.45, 2.75) is 203 Å². The van der Waals surface area contributed by atoms with Crippen LogP contribution in [-0.4, -0.2) is 207 Å². The quantitative estimate of drug-likeness (QED) is 0.140. The Morgan fingerprint density at radius 3 is 2.25 bits per heavy atom. The summed E-state index contributed by atoms with van der Waals surface area (Å²) in [5.41, 5.74) is -3.87. The van der Waals surface area contributed by atoms with Crippen molar-refractivity contribution < 1.29 is 72.3 Å². The molecule has 72 heavy (non-hydrogen) atoms. The van der Waals surface area contributed by atoms with Gasteiger partial charge in [0.15, 0.2) is 16.1 Å². The molecule has 0 bridgehead atoms. The van der Waals surface area contributed by atoms with E-state index < -0.39 is 118 Å². The summed E-state index contributed by atoms with van der Waals surface area (Å²) in [5.74, 6) is -2.84. The number of hydrogen-bond acceptors (Lipinski definition) is 19. The molecule has 0 spiro atoms. The van der Waals surface area contributed by atoms with Gasteiger partial charge in [-0.15, -0.1) is 5.10 Å². The lowest BCUT2D eigenvalue weighted by Gasteiger charge is -2.51. The van der Waals surface area contributed by atoms with Gasteiger partial charge in [-0.2, -0.15) is 0 Å². The molecule has 19 atom stereocenters. The second kappa shape index (κ2) is 24.4. The van der Waals surface area contributed by atoms with Crippen LogP contribution in [0, 0.1) is 23.7 Å². The fourth-order valence-electron chi connectivity index (χ4n) is 11.5. The predicted octanol–water partition coefficient (Wildman–Crippen LogP) is 2.22. The summed E-state index contributed by atoms with van der Waals surface area (Å²) in [4.78, 5) is 18.7. The van der Waals surface area contributed by atoms with Crippen LogP contribution in [0.3, 0.4) is 0 Å². The number of carbonyl (C=O) groups is 1. The molecule has 3 fully saturated rings. The van der Waals surface area contributed by atoms with Crippen LogP contribution in [0.2, 0.25) is 0 Å². The van der Waals surface area contributed by atoms with E-state index in [9.17, 15) is 43.9 Å². The molecule has 0 aliphatic carbocycles. The van der Waals surface area contributed by atoms with E-state index in [4.69, 9.17) is 28.4 Å². The first-order valence-corrected chi connectivity index (χ1v) is 27.4. The lowest BCUT2D eigenvalue weighted by molar-refractivity contribution is -0.302. The predicted molar refractivity (Wildman–Crippen MR) is 267 cm³/mol. The second-order valence-corrected chi connectivity index (χ2v) is 24.2. The number of aromatic nitrogens is 3. The van der Waals surface area contributed by atoms with Crippen LogP contribution in [0.1, 0.15) is 101 Å². The number of likely N-dealkylation sites (N-methyl/N-ethyl adjacent to an activating group) is 2. The summed E-state index contributed by atoms with van der Waals surface area (Å²) in [6, 6.07) is 4.91. The van der Waals surface area contributed by atoms with E-state index in [0.717, 1.165) is 6.26 Å². The Balaban J connectivity index is 1.39. The summed E-state index contributed by atoms with van der Waals surface area (Å²) in [6.07, 6.45) is -5.34. The lowest BCUT2D eigenvalue weighted by atomic mass is 9.68. The lowest BCUT2D eigenvalue weighted by Crippen LogP contribution is -2.62. The molecular weight excluding hydrogens is 955 g/mol. The highest BCUT2D eigenvalue weighted by Crippen LogP contribution is 2.45. The van der Waals surface area contributed by atoms with Crippen LogP contribution in [-0.2, 0) is 51.3 Å². The molecular formula is C51H87N5O15S. The van der Waals surface area contributed by atoms with Gasteiger partial charge in [-0.05, 0) is 111 Å². The van der Waals surface area contributed by atoms with Gasteiger partial charge in [0.25, 0.3) is 0 Å². The summed E-state index contributed by atoms with van der Waals surface area (Å²) < 4.78 is 62.8. The smallest absolute Gasteiger partial charge is 0.309 e. The van der Waals surface area contributed by atoms with Crippen molar-refractivity contribution in [2.75, 3.05) is 47.2 Å². The maximum Gasteiger partial charge on any atom is 0.309 e. The van der Waals surface area contributed by atoms with Crippen LogP contribution in [0.5, 0.6) is 5.75 Å². The van der Waals surface area contributed by atoms with Crippen LogP contribution in [0.25, 0.3) is 0 Å². The number of methoxy groups -OCH3 is 1. The Bertz CT molecular complexity index is 2150. The number of cyclic esters (lactones) is 1. The zero-order valence-corrected chi connectivity index (χ0v) is 45.8. The molecule has 1 aromatic carbocycles. The van der Waals surface area contributed by atoms with Crippen LogP contribution in [0.4, 0.5) is 0 Å². The maximum atomic E-state index is 14.6. The number of esters is 1. The highest BCUT2D eigenvalue weighted by molar-refractivity contribution is 7.90. The summed E-state index contributed by atoms with van der Waals surface area (Å²) in [7, 11) is 1.89. The highest BCUT2D eigenvalue weighted by atomic mass is 32.2. The number of hydrogen-bond donors (Lipinski definition) is 6. The largest absolute Gasteiger partial charge is 0.491 e. The molecule has 21 heteroatoms. The molecule has 3 aliphatic heterocycles. The standard InChI is InChI=1S/C51H87N5O15S/c1-15-41-51(10,63)44(59)33(6)55(12)25-29(2)23-49(8,62)46(31(4)42(32(5)47(61)70-41)40-24-50(9,66-13)45(60)34(7)69-40)71-48-43(58)39(22-30(3)68-48)54(11)21-20-35-26-56(53-52-35)27-36(57)28-67-37-16-18-38(19-17-37)72(14,64)65/h16-19,26,29-34,36,39-46,48,57-60,62-63H,15,20-25,27-28H2,1-14H3/t29-,30-,31+,32-,33-,34+,36+,39+,40?,41-,42+,43-,44-,45+,46-,48+,49-,50-,51-/m1/s1. The molecule has 3 saturated heterocycles. The zero-order valence-electron chi connectivity index (χ0n) is 45.0. The normalized spacial score (nSPS) is 39.7. The van der Waals surface area contributed by atoms with Crippen LogP contribution >= 0.6 is 0 Å². The van der Waals surface area contributed by atoms with Gasteiger partial charge in [0.05, 0.1) is 58.7 Å².